The minimum absolute atomic E-state index is 0.837. The Balaban J connectivity index is 1.90. The molecule has 30 heavy (non-hydrogen) atoms. The zero-order chi connectivity index (χ0) is 21.5. The number of para-hydroxylation sites is 1. The Morgan fingerprint density at radius 3 is 1.70 bits per heavy atom. The van der Waals surface area contributed by atoms with E-state index in [0.717, 1.165) is 31.9 Å². The van der Waals surface area contributed by atoms with E-state index in [1.165, 1.54) is 108 Å². The fourth-order valence-corrected chi connectivity index (χ4v) is 3.99. The summed E-state index contributed by atoms with van der Waals surface area (Å²) in [4.78, 5) is 0. The highest BCUT2D eigenvalue weighted by atomic mass is 16.5. The largest absolute Gasteiger partial charge is 0.493 e. The maximum Gasteiger partial charge on any atom is 0.123 e. The van der Waals surface area contributed by atoms with Crippen LogP contribution in [0.15, 0.2) is 24.3 Å². The lowest BCUT2D eigenvalue weighted by Crippen LogP contribution is -2.15. The number of rotatable bonds is 22. The first-order chi connectivity index (χ1) is 14.9. The predicted molar refractivity (Wildman–Crippen MR) is 133 cm³/mol. The lowest BCUT2D eigenvalue weighted by Gasteiger charge is -2.12. The molecule has 1 aromatic rings. The number of nitrogens with one attached hydrogen (secondary N) is 1. The smallest absolute Gasteiger partial charge is 0.123 e. The number of ether oxygens (including phenoxy) is 1. The molecule has 0 aliphatic rings. The molecule has 0 aliphatic heterocycles. The van der Waals surface area contributed by atoms with Crippen LogP contribution >= 0.6 is 0 Å². The van der Waals surface area contributed by atoms with Gasteiger partial charge in [-0.3, -0.25) is 0 Å². The van der Waals surface area contributed by atoms with Gasteiger partial charge in [-0.25, -0.2) is 0 Å². The number of unbranched alkanes of at least 4 members (excludes halogenated alkanes) is 15. The van der Waals surface area contributed by atoms with Gasteiger partial charge in [-0.15, -0.1) is 0 Å². The summed E-state index contributed by atoms with van der Waals surface area (Å²) in [6.07, 6.45) is 23.5. The highest BCUT2D eigenvalue weighted by molar-refractivity contribution is 5.33. The third-order valence-corrected chi connectivity index (χ3v) is 6.00. The lowest BCUT2D eigenvalue weighted by atomic mass is 10.0. The van der Waals surface area contributed by atoms with Gasteiger partial charge in [0.05, 0.1) is 6.61 Å². The first-order valence-electron chi connectivity index (χ1n) is 13.3. The second-order valence-corrected chi connectivity index (χ2v) is 8.94. The highest BCUT2D eigenvalue weighted by Gasteiger charge is 2.02. The van der Waals surface area contributed by atoms with Gasteiger partial charge in [0.25, 0.3) is 0 Å². The van der Waals surface area contributed by atoms with Crippen molar-refractivity contribution in [2.24, 2.45) is 0 Å². The van der Waals surface area contributed by atoms with Gasteiger partial charge in [-0.1, -0.05) is 128 Å². The molecular weight excluding hydrogens is 366 g/mol. The van der Waals surface area contributed by atoms with Crippen LogP contribution in [0.2, 0.25) is 0 Å². The molecule has 1 aromatic carbocycles. The standard InChI is InChI=1S/C28H51NO/c1-3-5-7-8-9-10-11-12-13-14-15-16-17-20-24-29-26-27-22-18-19-23-28(27)30-25-21-6-4-2/h18-19,22-23,29H,3-17,20-21,24-26H2,1-2H3. The van der Waals surface area contributed by atoms with Gasteiger partial charge in [0.1, 0.15) is 5.75 Å². The van der Waals surface area contributed by atoms with Gasteiger partial charge < -0.3 is 10.1 Å². The van der Waals surface area contributed by atoms with Crippen molar-refractivity contribution in [3.05, 3.63) is 29.8 Å². The van der Waals surface area contributed by atoms with Crippen molar-refractivity contribution in [2.45, 2.75) is 130 Å². The van der Waals surface area contributed by atoms with E-state index in [1.807, 2.05) is 0 Å². The van der Waals surface area contributed by atoms with Crippen LogP contribution < -0.4 is 10.1 Å². The molecule has 0 heterocycles. The SMILES string of the molecule is CCCCCCCCCCCCCCCCNCc1ccccc1OCCCCC. The molecule has 174 valence electrons. The molecule has 0 unspecified atom stereocenters. The summed E-state index contributed by atoms with van der Waals surface area (Å²) < 4.78 is 5.98. The van der Waals surface area contributed by atoms with Crippen LogP contribution in [0.1, 0.15) is 129 Å². The molecular formula is C28H51NO. The van der Waals surface area contributed by atoms with Crippen molar-refractivity contribution in [3.8, 4) is 5.75 Å². The molecule has 0 fully saturated rings. The fraction of sp³-hybridized carbons (Fsp3) is 0.786. The summed E-state index contributed by atoms with van der Waals surface area (Å²) in [5, 5.41) is 3.61. The number of hydrogen-bond donors (Lipinski definition) is 1. The zero-order valence-electron chi connectivity index (χ0n) is 20.4. The first kappa shape index (κ1) is 27.0. The van der Waals surface area contributed by atoms with Crippen molar-refractivity contribution in [3.63, 3.8) is 0 Å². The van der Waals surface area contributed by atoms with Crippen molar-refractivity contribution in [1.29, 1.82) is 0 Å². The van der Waals surface area contributed by atoms with Crippen LogP contribution in [0.25, 0.3) is 0 Å². The summed E-state index contributed by atoms with van der Waals surface area (Å²) in [7, 11) is 0. The van der Waals surface area contributed by atoms with Crippen molar-refractivity contribution in [1.82, 2.24) is 5.32 Å². The average molecular weight is 418 g/mol. The molecule has 0 atom stereocenters. The van der Waals surface area contributed by atoms with Gasteiger partial charge in [-0.05, 0) is 25.5 Å². The molecule has 0 bridgehead atoms. The molecule has 0 aliphatic carbocycles. The van der Waals surface area contributed by atoms with Crippen LogP contribution in [-0.2, 0) is 6.54 Å². The minimum Gasteiger partial charge on any atom is -0.493 e. The molecule has 0 amide bonds. The second kappa shape index (κ2) is 21.2. The zero-order valence-corrected chi connectivity index (χ0v) is 20.4. The topological polar surface area (TPSA) is 21.3 Å². The highest BCUT2D eigenvalue weighted by Crippen LogP contribution is 2.18. The average Bonchev–Trinajstić information content (AvgIpc) is 2.77. The van der Waals surface area contributed by atoms with Crippen molar-refractivity contribution >= 4 is 0 Å². The molecule has 1 N–H and O–H groups in total. The van der Waals surface area contributed by atoms with E-state index < -0.39 is 0 Å². The Kier molecular flexibility index (Phi) is 19.1. The monoisotopic (exact) mass is 417 g/mol. The fourth-order valence-electron chi connectivity index (χ4n) is 3.99. The first-order valence-corrected chi connectivity index (χ1v) is 13.3. The third kappa shape index (κ3) is 15.8. The van der Waals surface area contributed by atoms with Gasteiger partial charge in [-0.2, -0.15) is 0 Å². The molecule has 1 rings (SSSR count). The van der Waals surface area contributed by atoms with E-state index in [-0.39, 0.29) is 0 Å². The van der Waals surface area contributed by atoms with Crippen LogP contribution in [0.5, 0.6) is 5.75 Å². The quantitative estimate of drug-likeness (QED) is 0.190. The summed E-state index contributed by atoms with van der Waals surface area (Å²) >= 11 is 0. The van der Waals surface area contributed by atoms with Crippen LogP contribution in [0, 0.1) is 0 Å². The van der Waals surface area contributed by atoms with E-state index in [2.05, 4.69) is 43.4 Å². The molecule has 0 saturated carbocycles. The normalized spacial score (nSPS) is 11.1. The number of benzene rings is 1. The van der Waals surface area contributed by atoms with E-state index in [0.29, 0.717) is 0 Å². The maximum absolute atomic E-state index is 5.98. The van der Waals surface area contributed by atoms with Crippen LogP contribution in [-0.4, -0.2) is 13.2 Å². The molecule has 2 nitrogen and oxygen atoms in total. The Labute approximate surface area is 188 Å². The minimum atomic E-state index is 0.837. The molecule has 0 radical (unpaired) electrons. The van der Waals surface area contributed by atoms with Gasteiger partial charge in [0.15, 0.2) is 0 Å². The molecule has 0 spiro atoms. The van der Waals surface area contributed by atoms with E-state index in [1.54, 1.807) is 0 Å². The van der Waals surface area contributed by atoms with Gasteiger partial charge in [0, 0.05) is 12.1 Å². The van der Waals surface area contributed by atoms with Crippen molar-refractivity contribution in [2.75, 3.05) is 13.2 Å². The van der Waals surface area contributed by atoms with Gasteiger partial charge >= 0.3 is 0 Å². The molecule has 0 saturated heterocycles. The van der Waals surface area contributed by atoms with Crippen LogP contribution in [0.4, 0.5) is 0 Å². The lowest BCUT2D eigenvalue weighted by molar-refractivity contribution is 0.302. The van der Waals surface area contributed by atoms with E-state index >= 15 is 0 Å². The summed E-state index contributed by atoms with van der Waals surface area (Å²) in [5.74, 6) is 1.06. The van der Waals surface area contributed by atoms with E-state index in [9.17, 15) is 0 Å². The Morgan fingerprint density at radius 2 is 1.10 bits per heavy atom. The maximum atomic E-state index is 5.98. The third-order valence-electron chi connectivity index (χ3n) is 6.00. The Bertz CT molecular complexity index is 473. The second-order valence-electron chi connectivity index (χ2n) is 8.94. The van der Waals surface area contributed by atoms with Crippen molar-refractivity contribution < 1.29 is 4.74 Å². The molecule has 0 aromatic heterocycles. The van der Waals surface area contributed by atoms with E-state index in [4.69, 9.17) is 4.74 Å². The summed E-state index contributed by atoms with van der Waals surface area (Å²) in [6.45, 7) is 7.39. The van der Waals surface area contributed by atoms with Crippen LogP contribution in [0.3, 0.4) is 0 Å². The Hall–Kier alpha value is -1.02. The predicted octanol–water partition coefficient (Wildman–Crippen LogP) is 8.83. The summed E-state index contributed by atoms with van der Waals surface area (Å²) in [5.41, 5.74) is 1.29. The Morgan fingerprint density at radius 1 is 0.600 bits per heavy atom. The molecule has 2 heteroatoms. The summed E-state index contributed by atoms with van der Waals surface area (Å²) in [6, 6.07) is 8.48. The van der Waals surface area contributed by atoms with Gasteiger partial charge in [0.2, 0.25) is 0 Å². The number of hydrogen-bond acceptors (Lipinski definition) is 2.